The molecule has 5 heteroatoms. The number of nitrogens with zero attached hydrogens (tertiary/aromatic N) is 1. The number of hydrogen-bond donors (Lipinski definition) is 1. The van der Waals surface area contributed by atoms with Gasteiger partial charge >= 0.3 is 0 Å². The molecule has 104 valence electrons. The van der Waals surface area contributed by atoms with Crippen molar-refractivity contribution in [3.05, 3.63) is 35.4 Å². The van der Waals surface area contributed by atoms with Crippen molar-refractivity contribution in [2.24, 2.45) is 0 Å². The van der Waals surface area contributed by atoms with Crippen LogP contribution in [0.15, 0.2) is 24.3 Å². The van der Waals surface area contributed by atoms with Gasteiger partial charge in [0, 0.05) is 24.5 Å². The first kappa shape index (κ1) is 15.5. The van der Waals surface area contributed by atoms with E-state index in [1.54, 1.807) is 25.2 Å². The molecule has 0 fully saturated rings. The maximum absolute atomic E-state index is 12.1. The van der Waals surface area contributed by atoms with Gasteiger partial charge in [0.1, 0.15) is 0 Å². The van der Waals surface area contributed by atoms with Crippen LogP contribution in [0.1, 0.15) is 29.8 Å². The smallest absolute Gasteiger partial charge is 0.254 e. The lowest BCUT2D eigenvalue weighted by Gasteiger charge is -2.18. The van der Waals surface area contributed by atoms with E-state index in [1.807, 2.05) is 19.9 Å². The minimum Gasteiger partial charge on any atom is -0.352 e. The quantitative estimate of drug-likeness (QED) is 0.840. The van der Waals surface area contributed by atoms with Crippen molar-refractivity contribution < 1.29 is 9.59 Å². The normalized spacial score (nSPS) is 10.4. The average Bonchev–Trinajstić information content (AvgIpc) is 2.36. The van der Waals surface area contributed by atoms with Crippen LogP contribution in [0.2, 0.25) is 0 Å². The summed E-state index contributed by atoms with van der Waals surface area (Å²) in [6.07, 6.45) is 0. The molecule has 2 amide bonds. The maximum Gasteiger partial charge on any atom is 0.254 e. The second-order valence-electron chi connectivity index (χ2n) is 4.72. The third-order valence-electron chi connectivity index (χ3n) is 2.51. The summed E-state index contributed by atoms with van der Waals surface area (Å²) < 4.78 is 0. The number of nitrogens with one attached hydrogen (secondary N) is 1. The Bertz CT molecular complexity index is 461. The van der Waals surface area contributed by atoms with Crippen LogP contribution in [0.5, 0.6) is 0 Å². The van der Waals surface area contributed by atoms with E-state index in [1.165, 1.54) is 4.90 Å². The Morgan fingerprint density at radius 1 is 1.37 bits per heavy atom. The van der Waals surface area contributed by atoms with Crippen LogP contribution in [-0.4, -0.2) is 36.3 Å². The molecule has 0 spiro atoms. The molecule has 0 atom stereocenters. The van der Waals surface area contributed by atoms with Gasteiger partial charge in [0.05, 0.1) is 6.54 Å². The Kier molecular flexibility index (Phi) is 5.83. The van der Waals surface area contributed by atoms with Gasteiger partial charge in [-0.25, -0.2) is 0 Å². The molecular formula is C14H19ClN2O2. The van der Waals surface area contributed by atoms with Crippen LogP contribution < -0.4 is 5.32 Å². The SMILES string of the molecule is CC(C)NC(=O)CN(C)C(=O)c1cccc(CCl)c1. The second-order valence-corrected chi connectivity index (χ2v) is 4.98. The van der Waals surface area contributed by atoms with Gasteiger partial charge in [-0.05, 0) is 31.5 Å². The maximum atomic E-state index is 12.1. The molecule has 19 heavy (non-hydrogen) atoms. The fourth-order valence-electron chi connectivity index (χ4n) is 1.66. The molecule has 1 N–H and O–H groups in total. The number of amides is 2. The lowest BCUT2D eigenvalue weighted by Crippen LogP contribution is -2.40. The fraction of sp³-hybridized carbons (Fsp3) is 0.429. The first-order valence-electron chi connectivity index (χ1n) is 6.13. The van der Waals surface area contributed by atoms with Crippen molar-refractivity contribution in [2.75, 3.05) is 13.6 Å². The summed E-state index contributed by atoms with van der Waals surface area (Å²) in [5.74, 6) is 0.00351. The average molecular weight is 283 g/mol. The molecular weight excluding hydrogens is 264 g/mol. The number of carbonyl (C=O) groups is 2. The van der Waals surface area contributed by atoms with Gasteiger partial charge in [-0.1, -0.05) is 12.1 Å². The van der Waals surface area contributed by atoms with Gasteiger partial charge < -0.3 is 10.2 Å². The minimum absolute atomic E-state index is 0.0438. The summed E-state index contributed by atoms with van der Waals surface area (Å²) in [6.45, 7) is 3.80. The largest absolute Gasteiger partial charge is 0.352 e. The van der Waals surface area contributed by atoms with Gasteiger partial charge in [0.25, 0.3) is 5.91 Å². The Labute approximate surface area is 118 Å². The topological polar surface area (TPSA) is 49.4 Å². The molecule has 0 aromatic heterocycles. The summed E-state index contributed by atoms with van der Waals surface area (Å²) in [4.78, 5) is 25.1. The highest BCUT2D eigenvalue weighted by Gasteiger charge is 2.15. The van der Waals surface area contributed by atoms with Crippen molar-refractivity contribution in [1.82, 2.24) is 10.2 Å². The number of hydrogen-bond acceptors (Lipinski definition) is 2. The monoisotopic (exact) mass is 282 g/mol. The molecule has 0 saturated carbocycles. The van der Waals surface area contributed by atoms with Gasteiger partial charge in [-0.3, -0.25) is 9.59 Å². The van der Waals surface area contributed by atoms with Gasteiger partial charge in [0.2, 0.25) is 5.91 Å². The van der Waals surface area contributed by atoms with Crippen molar-refractivity contribution in [1.29, 1.82) is 0 Å². The number of alkyl halides is 1. The van der Waals surface area contributed by atoms with E-state index in [0.29, 0.717) is 11.4 Å². The number of rotatable bonds is 5. The van der Waals surface area contributed by atoms with Gasteiger partial charge in [0.15, 0.2) is 0 Å². The molecule has 1 rings (SSSR count). The molecule has 1 aromatic carbocycles. The van der Waals surface area contributed by atoms with Gasteiger partial charge in [-0.15, -0.1) is 11.6 Å². The second kappa shape index (κ2) is 7.14. The summed E-state index contributed by atoms with van der Waals surface area (Å²) in [5, 5.41) is 2.75. The van der Waals surface area contributed by atoms with E-state index in [-0.39, 0.29) is 24.4 Å². The summed E-state index contributed by atoms with van der Waals surface area (Å²) in [6, 6.07) is 7.17. The Morgan fingerprint density at radius 3 is 2.63 bits per heavy atom. The Hall–Kier alpha value is -1.55. The third-order valence-corrected chi connectivity index (χ3v) is 2.81. The van der Waals surface area contributed by atoms with Crippen LogP contribution in [-0.2, 0) is 10.7 Å². The first-order valence-corrected chi connectivity index (χ1v) is 6.67. The molecule has 0 radical (unpaired) electrons. The molecule has 0 saturated heterocycles. The molecule has 0 bridgehead atoms. The van der Waals surface area contributed by atoms with E-state index in [0.717, 1.165) is 5.56 Å². The van der Waals surface area contributed by atoms with Crippen molar-refractivity contribution >= 4 is 23.4 Å². The zero-order valence-electron chi connectivity index (χ0n) is 11.4. The highest BCUT2D eigenvalue weighted by Crippen LogP contribution is 2.09. The number of benzene rings is 1. The van der Waals surface area contributed by atoms with E-state index in [9.17, 15) is 9.59 Å². The number of carbonyl (C=O) groups excluding carboxylic acids is 2. The van der Waals surface area contributed by atoms with Crippen LogP contribution in [0.4, 0.5) is 0 Å². The molecule has 0 aliphatic carbocycles. The fourth-order valence-corrected chi connectivity index (χ4v) is 1.83. The summed E-state index contributed by atoms with van der Waals surface area (Å²) in [7, 11) is 1.61. The first-order chi connectivity index (χ1) is 8.93. The van der Waals surface area contributed by atoms with E-state index < -0.39 is 0 Å². The van der Waals surface area contributed by atoms with Crippen molar-refractivity contribution in [2.45, 2.75) is 25.8 Å². The minimum atomic E-state index is -0.189. The number of likely N-dealkylation sites (N-methyl/N-ethyl adjacent to an activating group) is 1. The highest BCUT2D eigenvalue weighted by molar-refractivity contribution is 6.17. The Morgan fingerprint density at radius 2 is 2.05 bits per heavy atom. The number of halogens is 1. The van der Waals surface area contributed by atoms with E-state index in [4.69, 9.17) is 11.6 Å². The van der Waals surface area contributed by atoms with Crippen molar-refractivity contribution in [3.63, 3.8) is 0 Å². The molecule has 1 aromatic rings. The molecule has 4 nitrogen and oxygen atoms in total. The van der Waals surface area contributed by atoms with E-state index in [2.05, 4.69) is 5.32 Å². The van der Waals surface area contributed by atoms with Crippen LogP contribution in [0, 0.1) is 0 Å². The van der Waals surface area contributed by atoms with Crippen LogP contribution >= 0.6 is 11.6 Å². The summed E-state index contributed by atoms with van der Waals surface area (Å²) in [5.41, 5.74) is 1.42. The molecule has 0 unspecified atom stereocenters. The van der Waals surface area contributed by atoms with Crippen molar-refractivity contribution in [3.8, 4) is 0 Å². The highest BCUT2D eigenvalue weighted by atomic mass is 35.5. The zero-order chi connectivity index (χ0) is 14.4. The predicted molar refractivity (Wildman–Crippen MR) is 76.2 cm³/mol. The lowest BCUT2D eigenvalue weighted by molar-refractivity contribution is -0.122. The van der Waals surface area contributed by atoms with Crippen LogP contribution in [0.25, 0.3) is 0 Å². The molecule has 0 heterocycles. The van der Waals surface area contributed by atoms with E-state index >= 15 is 0 Å². The van der Waals surface area contributed by atoms with Gasteiger partial charge in [-0.2, -0.15) is 0 Å². The van der Waals surface area contributed by atoms with Crippen LogP contribution in [0.3, 0.4) is 0 Å². The third kappa shape index (κ3) is 4.91. The molecule has 0 aliphatic rings. The zero-order valence-corrected chi connectivity index (χ0v) is 12.2. The summed E-state index contributed by atoms with van der Waals surface area (Å²) >= 11 is 5.74. The molecule has 0 aliphatic heterocycles. The lowest BCUT2D eigenvalue weighted by atomic mass is 10.1. The predicted octanol–water partition coefficient (Wildman–Crippen LogP) is 2.02. The Balaban J connectivity index is 2.68. The standard InChI is InChI=1S/C14H19ClN2O2/c1-10(2)16-13(18)9-17(3)14(19)12-6-4-5-11(7-12)8-15/h4-7,10H,8-9H2,1-3H3,(H,16,18).